The lowest BCUT2D eigenvalue weighted by Crippen LogP contribution is -1.97. The first-order valence-corrected chi connectivity index (χ1v) is 15.5. The molecule has 0 unspecified atom stereocenters. The fourth-order valence-electron chi connectivity index (χ4n) is 7.31. The van der Waals surface area contributed by atoms with Gasteiger partial charge in [-0.3, -0.25) is 0 Å². The smallest absolute Gasteiger partial charge is 0.00960 e. The van der Waals surface area contributed by atoms with Crippen molar-refractivity contribution in [3.05, 3.63) is 145 Å². The van der Waals surface area contributed by atoms with Gasteiger partial charge >= 0.3 is 0 Å². The normalized spacial score (nSPS) is 11.9. The molecule has 0 nitrogen and oxygen atoms in total. The van der Waals surface area contributed by atoms with E-state index in [-0.39, 0.29) is 0 Å². The van der Waals surface area contributed by atoms with Gasteiger partial charge in [0.2, 0.25) is 0 Å². The molecule has 0 aliphatic rings. The summed E-state index contributed by atoms with van der Waals surface area (Å²) in [7, 11) is 0. The van der Waals surface area contributed by atoms with Crippen molar-refractivity contribution < 1.29 is 0 Å². The monoisotopic (exact) mass is 550 g/mol. The van der Waals surface area contributed by atoms with Crippen LogP contribution in [0.5, 0.6) is 0 Å². The predicted molar refractivity (Wildman–Crippen MR) is 188 cm³/mol. The van der Waals surface area contributed by atoms with Gasteiger partial charge in [0, 0.05) is 0 Å². The molecule has 0 spiro atoms. The van der Waals surface area contributed by atoms with Crippen molar-refractivity contribution >= 4 is 53.9 Å². The lowest BCUT2D eigenvalue weighted by molar-refractivity contribution is 0.653. The molecule has 0 bridgehead atoms. The number of aryl methyl sites for hydroxylation is 1. The quantitative estimate of drug-likeness (QED) is 0.151. The molecule has 0 aliphatic heterocycles. The first kappa shape index (κ1) is 25.7. The maximum atomic E-state index is 2.41. The zero-order valence-electron chi connectivity index (χ0n) is 25.0. The Morgan fingerprint density at radius 1 is 0.395 bits per heavy atom. The third kappa shape index (κ3) is 4.13. The minimum absolute atomic E-state index is 0.589. The summed E-state index contributed by atoms with van der Waals surface area (Å²) in [4.78, 5) is 0. The molecule has 0 fully saturated rings. The second-order valence-corrected chi connectivity index (χ2v) is 12.4. The summed E-state index contributed by atoms with van der Waals surface area (Å²) in [6.45, 7) is 6.84. The standard InChI is InChI=1S/C43H34/c1-27(2)25-42-31-13-5-4-11-29(31)26-43-36-18-10-17-35(39(36)23-24-41(42)43)38-21-22-40(34-16-9-8-15-33(34)38)37-20-19-28(3)30-12-6-7-14-32(30)37/h4-24,26-27H,25H2,1-3H3. The Morgan fingerprint density at radius 3 is 1.56 bits per heavy atom. The molecular formula is C43H34. The molecule has 0 heterocycles. The van der Waals surface area contributed by atoms with Gasteiger partial charge in [-0.15, -0.1) is 0 Å². The van der Waals surface area contributed by atoms with Crippen LogP contribution in [0.4, 0.5) is 0 Å². The van der Waals surface area contributed by atoms with Crippen molar-refractivity contribution in [2.75, 3.05) is 0 Å². The Bertz CT molecular complexity index is 2350. The zero-order valence-corrected chi connectivity index (χ0v) is 25.0. The average Bonchev–Trinajstić information content (AvgIpc) is 3.04. The zero-order chi connectivity index (χ0) is 29.1. The molecule has 8 aromatic rings. The number of hydrogen-bond donors (Lipinski definition) is 0. The second kappa shape index (κ2) is 10.1. The molecule has 0 heteroatoms. The van der Waals surface area contributed by atoms with Crippen LogP contribution < -0.4 is 0 Å². The topological polar surface area (TPSA) is 0 Å². The van der Waals surface area contributed by atoms with E-state index in [1.165, 1.54) is 87.2 Å². The third-order valence-corrected chi connectivity index (χ3v) is 9.27. The van der Waals surface area contributed by atoms with Crippen LogP contribution in [0.15, 0.2) is 133 Å². The highest BCUT2D eigenvalue weighted by molar-refractivity contribution is 6.19. The lowest BCUT2D eigenvalue weighted by atomic mass is 9.86. The SMILES string of the molecule is Cc1ccc(-c2ccc(-c3cccc4c3ccc3c(CC(C)C)c5ccccc5cc34)c3ccccc23)c2ccccc12. The summed E-state index contributed by atoms with van der Waals surface area (Å²) in [5.74, 6) is 0.589. The minimum atomic E-state index is 0.589. The van der Waals surface area contributed by atoms with Gasteiger partial charge in [-0.25, -0.2) is 0 Å². The highest BCUT2D eigenvalue weighted by Crippen LogP contribution is 2.42. The van der Waals surface area contributed by atoms with E-state index in [1.807, 2.05) is 0 Å². The van der Waals surface area contributed by atoms with Gasteiger partial charge in [-0.1, -0.05) is 141 Å². The van der Waals surface area contributed by atoms with Crippen molar-refractivity contribution in [2.45, 2.75) is 27.2 Å². The maximum absolute atomic E-state index is 2.41. The summed E-state index contributed by atoms with van der Waals surface area (Å²) in [6.07, 6.45) is 1.07. The molecule has 43 heavy (non-hydrogen) atoms. The lowest BCUT2D eigenvalue weighted by Gasteiger charge is -2.18. The molecule has 0 N–H and O–H groups in total. The number of rotatable bonds is 4. The van der Waals surface area contributed by atoms with E-state index in [0.717, 1.165) is 6.42 Å². The molecule has 0 aromatic heterocycles. The summed E-state index contributed by atoms with van der Waals surface area (Å²) in [5, 5.41) is 13.3. The van der Waals surface area contributed by atoms with Crippen LogP contribution in [0.2, 0.25) is 0 Å². The van der Waals surface area contributed by atoms with Gasteiger partial charge in [0.1, 0.15) is 0 Å². The van der Waals surface area contributed by atoms with Crippen LogP contribution >= 0.6 is 0 Å². The fraction of sp³-hybridized carbons (Fsp3) is 0.116. The summed E-state index contributed by atoms with van der Waals surface area (Å²) < 4.78 is 0. The fourth-order valence-corrected chi connectivity index (χ4v) is 7.31. The molecular weight excluding hydrogens is 516 g/mol. The van der Waals surface area contributed by atoms with Gasteiger partial charge in [0.05, 0.1) is 0 Å². The van der Waals surface area contributed by atoms with Crippen LogP contribution in [0.25, 0.3) is 76.1 Å². The third-order valence-electron chi connectivity index (χ3n) is 9.27. The predicted octanol–water partition coefficient (Wildman–Crippen LogP) is 12.3. The molecule has 0 saturated carbocycles. The largest absolute Gasteiger partial charge is 0.0625 e. The van der Waals surface area contributed by atoms with Crippen LogP contribution in [-0.4, -0.2) is 0 Å². The Balaban J connectivity index is 1.39. The van der Waals surface area contributed by atoms with Crippen molar-refractivity contribution in [1.29, 1.82) is 0 Å². The van der Waals surface area contributed by atoms with Crippen LogP contribution in [0.3, 0.4) is 0 Å². The molecule has 0 amide bonds. The Hall–Kier alpha value is -4.94. The molecule has 0 saturated heterocycles. The molecule has 0 radical (unpaired) electrons. The molecule has 8 aromatic carbocycles. The second-order valence-electron chi connectivity index (χ2n) is 12.4. The van der Waals surface area contributed by atoms with E-state index in [1.54, 1.807) is 0 Å². The van der Waals surface area contributed by atoms with E-state index >= 15 is 0 Å². The van der Waals surface area contributed by atoms with E-state index in [2.05, 4.69) is 154 Å². The van der Waals surface area contributed by atoms with Crippen LogP contribution in [0.1, 0.15) is 25.0 Å². The molecule has 0 aliphatic carbocycles. The van der Waals surface area contributed by atoms with Crippen molar-refractivity contribution in [3.8, 4) is 22.3 Å². The Kier molecular flexibility index (Phi) is 6.05. The summed E-state index contributed by atoms with van der Waals surface area (Å²) in [5.41, 5.74) is 7.92. The van der Waals surface area contributed by atoms with Gasteiger partial charge in [0.15, 0.2) is 0 Å². The highest BCUT2D eigenvalue weighted by Gasteiger charge is 2.16. The number of benzene rings is 8. The summed E-state index contributed by atoms with van der Waals surface area (Å²) >= 11 is 0. The van der Waals surface area contributed by atoms with E-state index in [9.17, 15) is 0 Å². The van der Waals surface area contributed by atoms with E-state index in [4.69, 9.17) is 0 Å². The van der Waals surface area contributed by atoms with Crippen molar-refractivity contribution in [1.82, 2.24) is 0 Å². The van der Waals surface area contributed by atoms with E-state index < -0.39 is 0 Å². The minimum Gasteiger partial charge on any atom is -0.0625 e. The first-order chi connectivity index (χ1) is 21.1. The number of hydrogen-bond acceptors (Lipinski definition) is 0. The number of fused-ring (bicyclic) bond motifs is 6. The molecule has 206 valence electrons. The Labute approximate surface area is 253 Å². The van der Waals surface area contributed by atoms with Crippen LogP contribution in [0, 0.1) is 12.8 Å². The van der Waals surface area contributed by atoms with Crippen molar-refractivity contribution in [3.63, 3.8) is 0 Å². The average molecular weight is 551 g/mol. The van der Waals surface area contributed by atoms with Gasteiger partial charge in [0.25, 0.3) is 0 Å². The maximum Gasteiger partial charge on any atom is -0.00960 e. The summed E-state index contributed by atoms with van der Waals surface area (Å²) in [6, 6.07) is 49.8. The van der Waals surface area contributed by atoms with E-state index in [0.29, 0.717) is 5.92 Å². The first-order valence-electron chi connectivity index (χ1n) is 15.5. The van der Waals surface area contributed by atoms with Crippen LogP contribution in [-0.2, 0) is 6.42 Å². The molecule has 8 rings (SSSR count). The van der Waals surface area contributed by atoms with Gasteiger partial charge < -0.3 is 0 Å². The highest BCUT2D eigenvalue weighted by atomic mass is 14.2. The van der Waals surface area contributed by atoms with Crippen molar-refractivity contribution in [2.24, 2.45) is 5.92 Å². The Morgan fingerprint density at radius 2 is 0.884 bits per heavy atom. The molecule has 0 atom stereocenters. The van der Waals surface area contributed by atoms with Gasteiger partial charge in [-0.2, -0.15) is 0 Å². The van der Waals surface area contributed by atoms with Gasteiger partial charge in [-0.05, 0) is 113 Å².